The molecule has 0 bridgehead atoms. The summed E-state index contributed by atoms with van der Waals surface area (Å²) < 4.78 is 0. The van der Waals surface area contributed by atoms with Crippen LogP contribution >= 0.6 is 0 Å². The standard InChI is InChI=1S/C37H76N2O/c1-5-9-13-17-21-25-31-38(32-26-22-18-14-10-6-2)35-29-37(40)30-36-39(33-27-23-19-15-11-7-3)34-28-24-20-16-12-8-4/h5-36H2,1-4H3. The Morgan fingerprint density at radius 2 is 0.550 bits per heavy atom. The molecule has 40 heavy (non-hydrogen) atoms. The number of ketones is 1. The van der Waals surface area contributed by atoms with Crippen molar-refractivity contribution in [3.05, 3.63) is 0 Å². The molecule has 0 N–H and O–H groups in total. The fraction of sp³-hybridized carbons (Fsp3) is 0.973. The quantitative estimate of drug-likeness (QED) is 0.0726. The Hall–Kier alpha value is -0.410. The molecule has 0 aliphatic carbocycles. The predicted molar refractivity (Wildman–Crippen MR) is 181 cm³/mol. The van der Waals surface area contributed by atoms with Crippen molar-refractivity contribution >= 4 is 5.78 Å². The lowest BCUT2D eigenvalue weighted by Gasteiger charge is -2.24. The van der Waals surface area contributed by atoms with Crippen LogP contribution in [0.4, 0.5) is 0 Å². The number of rotatable bonds is 34. The summed E-state index contributed by atoms with van der Waals surface area (Å²) in [6.45, 7) is 15.9. The molecule has 0 amide bonds. The first-order chi connectivity index (χ1) is 19.7. The fourth-order valence-corrected chi connectivity index (χ4v) is 5.82. The Balaban J connectivity index is 4.48. The molecule has 0 aromatic rings. The van der Waals surface area contributed by atoms with E-state index < -0.39 is 0 Å². The first-order valence-electron chi connectivity index (χ1n) is 18.6. The molecule has 0 aromatic carbocycles. The second-order valence-corrected chi connectivity index (χ2v) is 12.8. The normalized spacial score (nSPS) is 11.8. The lowest BCUT2D eigenvalue weighted by molar-refractivity contribution is -0.119. The maximum Gasteiger partial charge on any atom is 0.135 e. The van der Waals surface area contributed by atoms with Crippen molar-refractivity contribution in [2.75, 3.05) is 39.3 Å². The fourth-order valence-electron chi connectivity index (χ4n) is 5.82. The minimum Gasteiger partial charge on any atom is -0.303 e. The van der Waals surface area contributed by atoms with E-state index in [0.717, 1.165) is 25.9 Å². The molecule has 0 aromatic heterocycles. The van der Waals surface area contributed by atoms with Gasteiger partial charge in [0.05, 0.1) is 0 Å². The van der Waals surface area contributed by atoms with E-state index >= 15 is 0 Å². The van der Waals surface area contributed by atoms with Crippen molar-refractivity contribution in [1.82, 2.24) is 9.80 Å². The zero-order valence-corrected chi connectivity index (χ0v) is 28.4. The molecule has 0 spiro atoms. The maximum absolute atomic E-state index is 13.0. The van der Waals surface area contributed by atoms with Gasteiger partial charge in [0.1, 0.15) is 5.78 Å². The van der Waals surface area contributed by atoms with Gasteiger partial charge >= 0.3 is 0 Å². The van der Waals surface area contributed by atoms with Crippen LogP contribution < -0.4 is 0 Å². The second-order valence-electron chi connectivity index (χ2n) is 12.8. The highest BCUT2D eigenvalue weighted by Gasteiger charge is 2.12. The largest absolute Gasteiger partial charge is 0.303 e. The van der Waals surface area contributed by atoms with E-state index in [9.17, 15) is 4.79 Å². The molecule has 0 saturated heterocycles. The first kappa shape index (κ1) is 39.6. The SMILES string of the molecule is CCCCCCCCN(CCCCCCCC)CCC(=O)CCN(CCCCCCCC)CCCCCCCC. The molecule has 0 aliphatic heterocycles. The summed E-state index contributed by atoms with van der Waals surface area (Å²) in [4.78, 5) is 18.2. The van der Waals surface area contributed by atoms with Crippen LogP contribution in [0.25, 0.3) is 0 Å². The number of Topliss-reactive ketones (excluding diaryl/α,β-unsaturated/α-hetero) is 1. The smallest absolute Gasteiger partial charge is 0.135 e. The predicted octanol–water partition coefficient (Wildman–Crippen LogP) is 11.4. The highest BCUT2D eigenvalue weighted by atomic mass is 16.1. The molecule has 0 rings (SSSR count). The van der Waals surface area contributed by atoms with E-state index in [4.69, 9.17) is 0 Å². The van der Waals surface area contributed by atoms with Crippen LogP contribution in [0.5, 0.6) is 0 Å². The molecular formula is C37H76N2O. The van der Waals surface area contributed by atoms with Gasteiger partial charge in [-0.05, 0) is 51.9 Å². The Kier molecular flexibility index (Phi) is 32.8. The zero-order valence-electron chi connectivity index (χ0n) is 28.4. The van der Waals surface area contributed by atoms with Crippen LogP contribution in [0, 0.1) is 0 Å². The average Bonchev–Trinajstić information content (AvgIpc) is 2.96. The summed E-state index contributed by atoms with van der Waals surface area (Å²) in [5, 5.41) is 0. The topological polar surface area (TPSA) is 23.6 Å². The highest BCUT2D eigenvalue weighted by molar-refractivity contribution is 5.78. The number of carbonyl (C=O) groups is 1. The Morgan fingerprint density at radius 1 is 0.325 bits per heavy atom. The van der Waals surface area contributed by atoms with Gasteiger partial charge < -0.3 is 9.80 Å². The number of hydrogen-bond acceptors (Lipinski definition) is 3. The lowest BCUT2D eigenvalue weighted by atomic mass is 10.1. The third kappa shape index (κ3) is 29.1. The van der Waals surface area contributed by atoms with Crippen molar-refractivity contribution in [3.63, 3.8) is 0 Å². The van der Waals surface area contributed by atoms with Crippen LogP contribution in [-0.4, -0.2) is 54.9 Å². The van der Waals surface area contributed by atoms with Gasteiger partial charge in [-0.25, -0.2) is 0 Å². The van der Waals surface area contributed by atoms with Crippen molar-refractivity contribution in [2.45, 2.75) is 195 Å². The van der Waals surface area contributed by atoms with Crippen LogP contribution in [0.3, 0.4) is 0 Å². The molecular weight excluding hydrogens is 488 g/mol. The molecule has 3 nitrogen and oxygen atoms in total. The summed E-state index contributed by atoms with van der Waals surface area (Å²) in [5.41, 5.74) is 0. The molecule has 0 fully saturated rings. The van der Waals surface area contributed by atoms with Gasteiger partial charge in [-0.2, -0.15) is 0 Å². The van der Waals surface area contributed by atoms with Gasteiger partial charge in [-0.15, -0.1) is 0 Å². The third-order valence-corrected chi connectivity index (χ3v) is 8.73. The van der Waals surface area contributed by atoms with Crippen LogP contribution in [-0.2, 0) is 4.79 Å². The molecule has 240 valence electrons. The summed E-state index contributed by atoms with van der Waals surface area (Å²) in [5.74, 6) is 0.492. The number of nitrogens with zero attached hydrogens (tertiary/aromatic N) is 2. The minimum absolute atomic E-state index is 0.492. The first-order valence-corrected chi connectivity index (χ1v) is 18.6. The summed E-state index contributed by atoms with van der Waals surface area (Å²) in [6.07, 6.45) is 34.0. The molecule has 0 aliphatic rings. The lowest BCUT2D eigenvalue weighted by Crippen LogP contribution is -2.31. The zero-order chi connectivity index (χ0) is 29.4. The molecule has 0 heterocycles. The van der Waals surface area contributed by atoms with Crippen LogP contribution in [0.15, 0.2) is 0 Å². The number of carbonyl (C=O) groups excluding carboxylic acids is 1. The van der Waals surface area contributed by atoms with Crippen molar-refractivity contribution in [1.29, 1.82) is 0 Å². The molecule has 3 heteroatoms. The van der Waals surface area contributed by atoms with Crippen LogP contribution in [0.1, 0.15) is 195 Å². The monoisotopic (exact) mass is 565 g/mol. The highest BCUT2D eigenvalue weighted by Crippen LogP contribution is 2.12. The molecule has 0 radical (unpaired) electrons. The average molecular weight is 565 g/mol. The van der Waals surface area contributed by atoms with E-state index in [0.29, 0.717) is 5.78 Å². The van der Waals surface area contributed by atoms with E-state index in [1.54, 1.807) is 0 Å². The molecule has 0 atom stereocenters. The van der Waals surface area contributed by atoms with Gasteiger partial charge in [0.2, 0.25) is 0 Å². The maximum atomic E-state index is 13.0. The van der Waals surface area contributed by atoms with Crippen molar-refractivity contribution in [3.8, 4) is 0 Å². The van der Waals surface area contributed by atoms with Gasteiger partial charge in [0.15, 0.2) is 0 Å². The summed E-state index contributed by atoms with van der Waals surface area (Å²) in [6, 6.07) is 0. The van der Waals surface area contributed by atoms with Gasteiger partial charge in [-0.1, -0.05) is 156 Å². The Labute approximate surface area is 254 Å². The van der Waals surface area contributed by atoms with E-state index in [1.807, 2.05) is 0 Å². The Bertz CT molecular complexity index is 421. The van der Waals surface area contributed by atoms with Crippen molar-refractivity contribution in [2.24, 2.45) is 0 Å². The van der Waals surface area contributed by atoms with Gasteiger partial charge in [-0.3, -0.25) is 4.79 Å². The number of unbranched alkanes of at least 4 members (excludes halogenated alkanes) is 20. The van der Waals surface area contributed by atoms with Crippen molar-refractivity contribution < 1.29 is 4.79 Å². The molecule has 0 saturated carbocycles. The summed E-state index contributed by atoms with van der Waals surface area (Å²) in [7, 11) is 0. The van der Waals surface area contributed by atoms with E-state index in [1.165, 1.54) is 180 Å². The second kappa shape index (κ2) is 33.1. The third-order valence-electron chi connectivity index (χ3n) is 8.73. The van der Waals surface area contributed by atoms with E-state index in [2.05, 4.69) is 37.5 Å². The van der Waals surface area contributed by atoms with Gasteiger partial charge in [0, 0.05) is 25.9 Å². The summed E-state index contributed by atoms with van der Waals surface area (Å²) >= 11 is 0. The molecule has 0 unspecified atom stereocenters. The van der Waals surface area contributed by atoms with Gasteiger partial charge in [0.25, 0.3) is 0 Å². The minimum atomic E-state index is 0.492. The number of hydrogen-bond donors (Lipinski definition) is 0. The Morgan fingerprint density at radius 3 is 0.800 bits per heavy atom. The van der Waals surface area contributed by atoms with Crippen LogP contribution in [0.2, 0.25) is 0 Å². The van der Waals surface area contributed by atoms with E-state index in [-0.39, 0.29) is 0 Å².